The van der Waals surface area contributed by atoms with Gasteiger partial charge in [-0.2, -0.15) is 0 Å². The summed E-state index contributed by atoms with van der Waals surface area (Å²) in [7, 11) is -2.87. The lowest BCUT2D eigenvalue weighted by Gasteiger charge is -2.37. The molecule has 1 aliphatic rings. The zero-order chi connectivity index (χ0) is 14.7. The molecule has 7 heteroatoms. The van der Waals surface area contributed by atoms with E-state index >= 15 is 0 Å². The predicted molar refractivity (Wildman–Crippen MR) is 75.6 cm³/mol. The monoisotopic (exact) mass is 291 g/mol. The van der Waals surface area contributed by atoms with E-state index in [1.807, 2.05) is 13.8 Å². The second-order valence-electron chi connectivity index (χ2n) is 5.47. The molecule has 2 unspecified atom stereocenters. The van der Waals surface area contributed by atoms with Gasteiger partial charge in [0.25, 0.3) is 0 Å². The third-order valence-electron chi connectivity index (χ3n) is 3.82. The third kappa shape index (κ3) is 4.43. The first-order valence-corrected chi connectivity index (χ1v) is 8.52. The molecule has 0 aromatic rings. The van der Waals surface area contributed by atoms with Crippen molar-refractivity contribution >= 4 is 15.7 Å². The van der Waals surface area contributed by atoms with Gasteiger partial charge in [0.1, 0.15) is 0 Å². The molecule has 3 N–H and O–H groups in total. The first-order chi connectivity index (χ1) is 8.70. The van der Waals surface area contributed by atoms with E-state index in [0.29, 0.717) is 26.1 Å². The molecule has 1 aliphatic heterocycles. The zero-order valence-corrected chi connectivity index (χ0v) is 12.8. The van der Waals surface area contributed by atoms with Crippen molar-refractivity contribution in [1.82, 2.24) is 10.2 Å². The Hall–Kier alpha value is -0.660. The van der Waals surface area contributed by atoms with Crippen LogP contribution in [0.25, 0.3) is 0 Å². The maximum absolute atomic E-state index is 11.6. The average Bonchev–Trinajstić information content (AvgIpc) is 2.28. The standard InChI is InChI=1S/C12H25N3O3S/c1-4-14-12(3,11(13)16)9-10(2)15-5-7-19(17,18)8-6-15/h10,14H,4-9H2,1-3H3,(H2,13,16). The first kappa shape index (κ1) is 16.4. The summed E-state index contributed by atoms with van der Waals surface area (Å²) in [6.07, 6.45) is 0.580. The second kappa shape index (κ2) is 6.19. The minimum Gasteiger partial charge on any atom is -0.368 e. The summed E-state index contributed by atoms with van der Waals surface area (Å²) < 4.78 is 22.8. The fraction of sp³-hybridized carbons (Fsp3) is 0.917. The maximum Gasteiger partial charge on any atom is 0.237 e. The molecule has 1 fully saturated rings. The molecule has 1 saturated heterocycles. The minimum atomic E-state index is -2.87. The number of amides is 1. The molecule has 1 amide bonds. The van der Waals surface area contributed by atoms with E-state index in [4.69, 9.17) is 5.73 Å². The summed E-state index contributed by atoms with van der Waals surface area (Å²) in [6.45, 7) is 7.47. The number of carbonyl (C=O) groups is 1. The van der Waals surface area contributed by atoms with Crippen LogP contribution in [0, 0.1) is 0 Å². The summed E-state index contributed by atoms with van der Waals surface area (Å²) in [5, 5.41) is 3.13. The largest absolute Gasteiger partial charge is 0.368 e. The Morgan fingerprint density at radius 2 is 1.95 bits per heavy atom. The van der Waals surface area contributed by atoms with E-state index in [2.05, 4.69) is 10.2 Å². The van der Waals surface area contributed by atoms with Crippen molar-refractivity contribution in [2.24, 2.45) is 5.73 Å². The molecule has 19 heavy (non-hydrogen) atoms. The van der Waals surface area contributed by atoms with Crippen LogP contribution in [0.15, 0.2) is 0 Å². The Labute approximate surface area is 115 Å². The van der Waals surface area contributed by atoms with Gasteiger partial charge in [-0.15, -0.1) is 0 Å². The third-order valence-corrected chi connectivity index (χ3v) is 5.43. The number of sulfone groups is 1. The molecule has 0 bridgehead atoms. The molecule has 0 aromatic heterocycles. The summed E-state index contributed by atoms with van der Waals surface area (Å²) in [6, 6.07) is 0.118. The van der Waals surface area contributed by atoms with Gasteiger partial charge < -0.3 is 11.1 Å². The molecule has 0 spiro atoms. The fourth-order valence-corrected chi connectivity index (χ4v) is 3.77. The summed E-state index contributed by atoms with van der Waals surface area (Å²) in [4.78, 5) is 13.7. The van der Waals surface area contributed by atoms with E-state index < -0.39 is 15.4 Å². The van der Waals surface area contributed by atoms with E-state index in [0.717, 1.165) is 0 Å². The van der Waals surface area contributed by atoms with E-state index in [9.17, 15) is 13.2 Å². The number of likely N-dealkylation sites (N-methyl/N-ethyl adjacent to an activating group) is 1. The lowest BCUT2D eigenvalue weighted by molar-refractivity contribution is -0.124. The number of carbonyl (C=O) groups excluding carboxylic acids is 1. The van der Waals surface area contributed by atoms with Crippen molar-refractivity contribution in [2.45, 2.75) is 38.8 Å². The molecule has 1 heterocycles. The highest BCUT2D eigenvalue weighted by atomic mass is 32.2. The van der Waals surface area contributed by atoms with Crippen LogP contribution in [0.5, 0.6) is 0 Å². The summed E-state index contributed by atoms with van der Waals surface area (Å²) in [5.74, 6) is 0.0309. The zero-order valence-electron chi connectivity index (χ0n) is 12.0. The Morgan fingerprint density at radius 1 is 1.42 bits per heavy atom. The van der Waals surface area contributed by atoms with E-state index in [1.54, 1.807) is 6.92 Å². The molecule has 112 valence electrons. The Balaban J connectivity index is 2.63. The van der Waals surface area contributed by atoms with Crippen LogP contribution in [0.2, 0.25) is 0 Å². The van der Waals surface area contributed by atoms with Crippen LogP contribution in [-0.2, 0) is 14.6 Å². The van der Waals surface area contributed by atoms with Crippen molar-refractivity contribution < 1.29 is 13.2 Å². The Kier molecular flexibility index (Phi) is 5.34. The van der Waals surface area contributed by atoms with Crippen molar-refractivity contribution in [3.8, 4) is 0 Å². The normalized spacial score (nSPS) is 24.6. The van der Waals surface area contributed by atoms with Gasteiger partial charge in [0, 0.05) is 19.1 Å². The number of nitrogens with two attached hydrogens (primary N) is 1. The molecule has 0 aliphatic carbocycles. The molecule has 2 atom stereocenters. The van der Waals surface area contributed by atoms with Gasteiger partial charge in [0.2, 0.25) is 5.91 Å². The molecular weight excluding hydrogens is 266 g/mol. The number of hydrogen-bond acceptors (Lipinski definition) is 5. The number of hydrogen-bond donors (Lipinski definition) is 2. The fourth-order valence-electron chi connectivity index (χ4n) is 2.54. The highest BCUT2D eigenvalue weighted by molar-refractivity contribution is 7.91. The van der Waals surface area contributed by atoms with E-state index in [-0.39, 0.29) is 23.5 Å². The van der Waals surface area contributed by atoms with Crippen molar-refractivity contribution in [3.05, 3.63) is 0 Å². The van der Waals surface area contributed by atoms with Gasteiger partial charge in [-0.3, -0.25) is 9.69 Å². The number of nitrogens with zero attached hydrogens (tertiary/aromatic N) is 1. The maximum atomic E-state index is 11.6. The van der Waals surface area contributed by atoms with Gasteiger partial charge in [-0.1, -0.05) is 6.92 Å². The van der Waals surface area contributed by atoms with Gasteiger partial charge in [0.05, 0.1) is 17.0 Å². The van der Waals surface area contributed by atoms with Crippen molar-refractivity contribution in [3.63, 3.8) is 0 Å². The molecule has 1 rings (SSSR count). The number of primary amides is 1. The van der Waals surface area contributed by atoms with Crippen LogP contribution in [0.1, 0.15) is 27.2 Å². The molecule has 0 radical (unpaired) electrons. The van der Waals surface area contributed by atoms with Gasteiger partial charge in [0.15, 0.2) is 9.84 Å². The Morgan fingerprint density at radius 3 is 2.37 bits per heavy atom. The Bertz CT molecular complexity index is 410. The number of nitrogens with one attached hydrogen (secondary N) is 1. The van der Waals surface area contributed by atoms with Crippen LogP contribution < -0.4 is 11.1 Å². The van der Waals surface area contributed by atoms with E-state index in [1.165, 1.54) is 0 Å². The van der Waals surface area contributed by atoms with Gasteiger partial charge in [-0.25, -0.2) is 8.42 Å². The number of rotatable bonds is 6. The SMILES string of the molecule is CCNC(C)(CC(C)N1CCS(=O)(=O)CC1)C(N)=O. The highest BCUT2D eigenvalue weighted by Gasteiger charge is 2.34. The van der Waals surface area contributed by atoms with Crippen LogP contribution in [0.3, 0.4) is 0 Å². The van der Waals surface area contributed by atoms with Crippen molar-refractivity contribution in [1.29, 1.82) is 0 Å². The van der Waals surface area contributed by atoms with Crippen LogP contribution >= 0.6 is 0 Å². The topological polar surface area (TPSA) is 92.5 Å². The lowest BCUT2D eigenvalue weighted by Crippen LogP contribution is -2.57. The minimum absolute atomic E-state index is 0.118. The smallest absolute Gasteiger partial charge is 0.237 e. The molecule has 6 nitrogen and oxygen atoms in total. The quantitative estimate of drug-likeness (QED) is 0.678. The van der Waals surface area contributed by atoms with Gasteiger partial charge in [-0.05, 0) is 26.8 Å². The van der Waals surface area contributed by atoms with Gasteiger partial charge >= 0.3 is 0 Å². The van der Waals surface area contributed by atoms with Crippen LogP contribution in [-0.4, -0.2) is 61.9 Å². The first-order valence-electron chi connectivity index (χ1n) is 6.69. The summed E-state index contributed by atoms with van der Waals surface area (Å²) >= 11 is 0. The summed E-state index contributed by atoms with van der Waals surface area (Å²) in [5.41, 5.74) is 4.72. The molecule has 0 saturated carbocycles. The molecular formula is C12H25N3O3S. The average molecular weight is 291 g/mol. The lowest BCUT2D eigenvalue weighted by atomic mass is 9.92. The molecule has 0 aromatic carbocycles. The highest BCUT2D eigenvalue weighted by Crippen LogP contribution is 2.18. The van der Waals surface area contributed by atoms with Crippen molar-refractivity contribution in [2.75, 3.05) is 31.1 Å². The second-order valence-corrected chi connectivity index (χ2v) is 7.77. The predicted octanol–water partition coefficient (Wildman–Crippen LogP) is -0.651. The van der Waals surface area contributed by atoms with Crippen LogP contribution in [0.4, 0.5) is 0 Å².